The highest BCUT2D eigenvalue weighted by Gasteiger charge is 2.15. The Balaban J connectivity index is 2.06. The minimum Gasteiger partial charge on any atom is -0.397 e. The Labute approximate surface area is 112 Å². The zero-order valence-electron chi connectivity index (χ0n) is 10.1. The fraction of sp³-hybridized carbons (Fsp3) is 0.0769. The normalized spacial score (nSPS) is 10.8. The molecule has 0 fully saturated rings. The van der Waals surface area contributed by atoms with E-state index in [9.17, 15) is 4.39 Å². The third-order valence-corrected chi connectivity index (χ3v) is 3.67. The van der Waals surface area contributed by atoms with E-state index < -0.39 is 0 Å². The number of nitrogen functional groups attached to an aromatic ring is 1. The van der Waals surface area contributed by atoms with Crippen LogP contribution in [0.15, 0.2) is 34.2 Å². The molecule has 4 nitrogen and oxygen atoms in total. The third kappa shape index (κ3) is 2.10. The highest BCUT2D eigenvalue weighted by molar-refractivity contribution is 7.14. The molecule has 3 aromatic rings. The van der Waals surface area contributed by atoms with Crippen LogP contribution in [0.25, 0.3) is 22.2 Å². The second-order valence-corrected chi connectivity index (χ2v) is 5.00. The molecular formula is C13H10FN3OS. The molecule has 0 aliphatic carbocycles. The molecule has 0 unspecified atom stereocenters. The van der Waals surface area contributed by atoms with E-state index in [1.807, 2.05) is 12.3 Å². The molecule has 0 bridgehead atoms. The van der Waals surface area contributed by atoms with Crippen LogP contribution < -0.4 is 5.73 Å². The van der Waals surface area contributed by atoms with E-state index in [0.29, 0.717) is 23.0 Å². The van der Waals surface area contributed by atoms with Gasteiger partial charge in [-0.2, -0.15) is 4.98 Å². The Morgan fingerprint density at radius 1 is 1.32 bits per heavy atom. The van der Waals surface area contributed by atoms with Crippen LogP contribution >= 0.6 is 11.3 Å². The van der Waals surface area contributed by atoms with Crippen LogP contribution in [0, 0.1) is 12.7 Å². The first kappa shape index (κ1) is 11.9. The van der Waals surface area contributed by atoms with E-state index in [-0.39, 0.29) is 5.82 Å². The van der Waals surface area contributed by atoms with E-state index in [4.69, 9.17) is 10.3 Å². The van der Waals surface area contributed by atoms with Gasteiger partial charge in [-0.25, -0.2) is 4.39 Å². The quantitative estimate of drug-likeness (QED) is 0.777. The summed E-state index contributed by atoms with van der Waals surface area (Å²) in [5.41, 5.74) is 7.89. The van der Waals surface area contributed by atoms with Gasteiger partial charge in [-0.1, -0.05) is 11.2 Å². The molecule has 3 rings (SSSR count). The highest BCUT2D eigenvalue weighted by atomic mass is 32.1. The summed E-state index contributed by atoms with van der Waals surface area (Å²) in [7, 11) is 0. The number of rotatable bonds is 2. The number of benzene rings is 1. The number of anilines is 1. The van der Waals surface area contributed by atoms with Crippen molar-refractivity contribution in [2.45, 2.75) is 6.92 Å². The minimum absolute atomic E-state index is 0.331. The van der Waals surface area contributed by atoms with Crippen LogP contribution in [0.2, 0.25) is 0 Å². The average Bonchev–Trinajstić information content (AvgIpc) is 3.00. The Bertz CT molecular complexity index is 735. The fourth-order valence-electron chi connectivity index (χ4n) is 1.75. The van der Waals surface area contributed by atoms with Gasteiger partial charge in [-0.3, -0.25) is 0 Å². The van der Waals surface area contributed by atoms with Gasteiger partial charge < -0.3 is 10.3 Å². The molecule has 96 valence electrons. The summed E-state index contributed by atoms with van der Waals surface area (Å²) in [6.45, 7) is 1.87. The molecular weight excluding hydrogens is 265 g/mol. The lowest BCUT2D eigenvalue weighted by molar-refractivity contribution is 0.433. The lowest BCUT2D eigenvalue weighted by Crippen LogP contribution is -1.88. The van der Waals surface area contributed by atoms with Crippen molar-refractivity contribution in [1.29, 1.82) is 0 Å². The molecule has 6 heteroatoms. The molecule has 19 heavy (non-hydrogen) atoms. The number of aryl methyl sites for hydroxylation is 1. The van der Waals surface area contributed by atoms with Gasteiger partial charge in [0.05, 0.1) is 5.69 Å². The summed E-state index contributed by atoms with van der Waals surface area (Å²) in [6.07, 6.45) is 0. The Hall–Kier alpha value is -2.21. The van der Waals surface area contributed by atoms with Crippen LogP contribution in [0.4, 0.5) is 10.1 Å². The first-order valence-electron chi connectivity index (χ1n) is 5.59. The topological polar surface area (TPSA) is 64.9 Å². The van der Waals surface area contributed by atoms with Crippen molar-refractivity contribution in [1.82, 2.24) is 10.1 Å². The number of hydrogen-bond acceptors (Lipinski definition) is 5. The molecule has 2 N–H and O–H groups in total. The van der Waals surface area contributed by atoms with Crippen LogP contribution in [0.5, 0.6) is 0 Å². The van der Waals surface area contributed by atoms with E-state index in [1.54, 1.807) is 12.1 Å². The van der Waals surface area contributed by atoms with Crippen molar-refractivity contribution in [2.75, 3.05) is 5.73 Å². The minimum atomic E-state index is -0.331. The van der Waals surface area contributed by atoms with Crippen LogP contribution in [0.1, 0.15) is 5.56 Å². The number of nitrogens with two attached hydrogens (primary N) is 1. The summed E-state index contributed by atoms with van der Waals surface area (Å²) < 4.78 is 18.5. The van der Waals surface area contributed by atoms with Gasteiger partial charge >= 0.3 is 0 Å². The summed E-state index contributed by atoms with van der Waals surface area (Å²) in [6, 6.07) is 6.25. The van der Waals surface area contributed by atoms with Gasteiger partial charge in [0.2, 0.25) is 5.82 Å². The van der Waals surface area contributed by atoms with E-state index in [0.717, 1.165) is 10.4 Å². The zero-order valence-corrected chi connectivity index (χ0v) is 10.9. The van der Waals surface area contributed by atoms with Crippen LogP contribution in [-0.4, -0.2) is 10.1 Å². The van der Waals surface area contributed by atoms with Gasteiger partial charge in [0, 0.05) is 5.56 Å². The smallest absolute Gasteiger partial charge is 0.270 e. The van der Waals surface area contributed by atoms with Crippen molar-refractivity contribution in [3.05, 3.63) is 41.0 Å². The molecule has 0 saturated carbocycles. The first-order chi connectivity index (χ1) is 9.15. The van der Waals surface area contributed by atoms with E-state index >= 15 is 0 Å². The second kappa shape index (κ2) is 4.47. The standard InChI is InChI=1S/C13H10FN3OS/c1-7-2-3-8(14)6-9(7)12-16-13(18-17-12)11-10(15)4-5-19-11/h2-6H,15H2,1H3. The first-order valence-corrected chi connectivity index (χ1v) is 6.46. The highest BCUT2D eigenvalue weighted by Crippen LogP contribution is 2.32. The summed E-state index contributed by atoms with van der Waals surface area (Å²) >= 11 is 1.42. The number of hydrogen-bond donors (Lipinski definition) is 1. The lowest BCUT2D eigenvalue weighted by Gasteiger charge is -1.99. The number of nitrogens with zero attached hydrogens (tertiary/aromatic N) is 2. The van der Waals surface area contributed by atoms with Gasteiger partial charge in [0.15, 0.2) is 0 Å². The maximum Gasteiger partial charge on any atom is 0.270 e. The van der Waals surface area contributed by atoms with Crippen molar-refractivity contribution >= 4 is 17.0 Å². The van der Waals surface area contributed by atoms with Crippen molar-refractivity contribution < 1.29 is 8.91 Å². The van der Waals surface area contributed by atoms with Gasteiger partial charge in [-0.15, -0.1) is 11.3 Å². The van der Waals surface area contributed by atoms with E-state index in [1.165, 1.54) is 23.5 Å². The van der Waals surface area contributed by atoms with E-state index in [2.05, 4.69) is 10.1 Å². The summed E-state index contributed by atoms with van der Waals surface area (Å²) in [5.74, 6) is 0.383. The van der Waals surface area contributed by atoms with Crippen molar-refractivity contribution in [3.63, 3.8) is 0 Å². The second-order valence-electron chi connectivity index (χ2n) is 4.09. The largest absolute Gasteiger partial charge is 0.397 e. The summed E-state index contributed by atoms with van der Waals surface area (Å²) in [4.78, 5) is 5.00. The predicted octanol–water partition coefficient (Wildman–Crippen LogP) is 3.49. The molecule has 0 radical (unpaired) electrons. The number of aromatic nitrogens is 2. The third-order valence-electron chi connectivity index (χ3n) is 2.76. The Kier molecular flexibility index (Phi) is 2.79. The zero-order chi connectivity index (χ0) is 13.4. The van der Waals surface area contributed by atoms with Crippen molar-refractivity contribution in [3.8, 4) is 22.2 Å². The molecule has 2 heterocycles. The average molecular weight is 275 g/mol. The molecule has 0 aliphatic heterocycles. The number of thiophene rings is 1. The molecule has 2 aromatic heterocycles. The predicted molar refractivity (Wildman–Crippen MR) is 72.2 cm³/mol. The monoisotopic (exact) mass is 275 g/mol. The molecule has 1 aromatic carbocycles. The molecule has 0 amide bonds. The lowest BCUT2D eigenvalue weighted by atomic mass is 10.1. The molecule has 0 aliphatic rings. The van der Waals surface area contributed by atoms with Gasteiger partial charge in [0.25, 0.3) is 5.89 Å². The maximum absolute atomic E-state index is 13.3. The molecule has 0 saturated heterocycles. The van der Waals surface area contributed by atoms with Gasteiger partial charge in [-0.05, 0) is 36.1 Å². The fourth-order valence-corrected chi connectivity index (χ4v) is 2.49. The molecule has 0 spiro atoms. The molecule has 0 atom stereocenters. The van der Waals surface area contributed by atoms with Gasteiger partial charge in [0.1, 0.15) is 10.7 Å². The van der Waals surface area contributed by atoms with Crippen LogP contribution in [-0.2, 0) is 0 Å². The van der Waals surface area contributed by atoms with Crippen LogP contribution in [0.3, 0.4) is 0 Å². The summed E-state index contributed by atoms with van der Waals surface area (Å²) in [5, 5.41) is 5.73. The SMILES string of the molecule is Cc1ccc(F)cc1-c1noc(-c2sccc2N)n1. The number of halogens is 1. The van der Waals surface area contributed by atoms with Crippen molar-refractivity contribution in [2.24, 2.45) is 0 Å². The Morgan fingerprint density at radius 3 is 2.89 bits per heavy atom. The maximum atomic E-state index is 13.3. The Morgan fingerprint density at radius 2 is 2.16 bits per heavy atom.